The zero-order valence-corrected chi connectivity index (χ0v) is 7.68. The van der Waals surface area contributed by atoms with Crippen LogP contribution < -0.4 is 11.5 Å². The van der Waals surface area contributed by atoms with Crippen LogP contribution in [0, 0.1) is 5.41 Å². The van der Waals surface area contributed by atoms with E-state index < -0.39 is 0 Å². The van der Waals surface area contributed by atoms with Crippen molar-refractivity contribution in [2.45, 2.75) is 20.8 Å². The Hall–Kier alpha value is -0.990. The van der Waals surface area contributed by atoms with E-state index in [1.807, 2.05) is 20.8 Å². The molecule has 0 aromatic rings. The second kappa shape index (κ2) is 3.42. The van der Waals surface area contributed by atoms with E-state index in [1.54, 1.807) is 13.1 Å². The second-order valence-corrected chi connectivity index (χ2v) is 3.50. The van der Waals surface area contributed by atoms with Crippen LogP contribution in [0.5, 0.6) is 0 Å². The van der Waals surface area contributed by atoms with Gasteiger partial charge in [-0.1, -0.05) is 20.8 Å². The summed E-state index contributed by atoms with van der Waals surface area (Å²) >= 11 is 0. The Balaban J connectivity index is 4.48. The summed E-state index contributed by atoms with van der Waals surface area (Å²) in [6, 6.07) is 0. The lowest BCUT2D eigenvalue weighted by Crippen LogP contribution is -2.20. The molecule has 0 saturated carbocycles. The Kier molecular flexibility index (Phi) is 3.11. The minimum Gasteiger partial charge on any atom is -0.401 e. The molecule has 0 aromatic carbocycles. The SMILES string of the molecule is CN=C(N)/C=C(\N)C(C)(C)C. The van der Waals surface area contributed by atoms with Gasteiger partial charge in [-0.25, -0.2) is 0 Å². The Morgan fingerprint density at radius 1 is 1.27 bits per heavy atom. The van der Waals surface area contributed by atoms with E-state index >= 15 is 0 Å². The van der Waals surface area contributed by atoms with Crippen molar-refractivity contribution < 1.29 is 0 Å². The lowest BCUT2D eigenvalue weighted by Gasteiger charge is -2.18. The molecule has 3 heteroatoms. The van der Waals surface area contributed by atoms with Crippen LogP contribution in [0.1, 0.15) is 20.8 Å². The van der Waals surface area contributed by atoms with Crippen molar-refractivity contribution in [1.82, 2.24) is 0 Å². The Bertz CT molecular complexity index is 184. The van der Waals surface area contributed by atoms with Crippen LogP contribution in [-0.2, 0) is 0 Å². The van der Waals surface area contributed by atoms with Gasteiger partial charge in [-0.3, -0.25) is 4.99 Å². The summed E-state index contributed by atoms with van der Waals surface area (Å²) in [6.45, 7) is 6.09. The largest absolute Gasteiger partial charge is 0.401 e. The van der Waals surface area contributed by atoms with Crippen molar-refractivity contribution in [2.24, 2.45) is 21.9 Å². The van der Waals surface area contributed by atoms with Crippen LogP contribution in [0.2, 0.25) is 0 Å². The van der Waals surface area contributed by atoms with Gasteiger partial charge in [0.2, 0.25) is 0 Å². The topological polar surface area (TPSA) is 64.4 Å². The zero-order chi connectivity index (χ0) is 9.07. The third-order valence-corrected chi connectivity index (χ3v) is 1.43. The van der Waals surface area contributed by atoms with Gasteiger partial charge in [0.15, 0.2) is 0 Å². The number of nitrogens with zero attached hydrogens (tertiary/aromatic N) is 1. The van der Waals surface area contributed by atoms with E-state index in [0.29, 0.717) is 5.84 Å². The Labute approximate surface area is 68.2 Å². The molecule has 0 saturated heterocycles. The first-order chi connectivity index (χ1) is 4.88. The second-order valence-electron chi connectivity index (χ2n) is 3.50. The van der Waals surface area contributed by atoms with Crippen LogP contribution in [0.4, 0.5) is 0 Å². The number of amidine groups is 1. The van der Waals surface area contributed by atoms with Crippen LogP contribution in [0.25, 0.3) is 0 Å². The highest BCUT2D eigenvalue weighted by Crippen LogP contribution is 2.19. The van der Waals surface area contributed by atoms with Gasteiger partial charge >= 0.3 is 0 Å². The maximum Gasteiger partial charge on any atom is 0.119 e. The summed E-state index contributed by atoms with van der Waals surface area (Å²) in [5, 5.41) is 0. The highest BCUT2D eigenvalue weighted by atomic mass is 14.8. The number of aliphatic imine (C=N–C) groups is 1. The smallest absolute Gasteiger partial charge is 0.119 e. The van der Waals surface area contributed by atoms with Gasteiger partial charge in [0.05, 0.1) is 0 Å². The zero-order valence-electron chi connectivity index (χ0n) is 7.68. The quantitative estimate of drug-likeness (QED) is 0.436. The van der Waals surface area contributed by atoms with Gasteiger partial charge in [-0.15, -0.1) is 0 Å². The van der Waals surface area contributed by atoms with Crippen LogP contribution in [0.3, 0.4) is 0 Å². The summed E-state index contributed by atoms with van der Waals surface area (Å²) in [7, 11) is 1.64. The molecule has 0 aromatic heterocycles. The number of rotatable bonds is 1. The minimum absolute atomic E-state index is 0.0324. The standard InChI is InChI=1S/C8H17N3/c1-8(2,3)6(9)5-7(10)11-4/h5H,9H2,1-4H3,(H2,10,11)/b6-5-. The predicted octanol–water partition coefficient (Wildman–Crippen LogP) is 0.862. The van der Waals surface area contributed by atoms with Crippen molar-refractivity contribution in [3.8, 4) is 0 Å². The maximum absolute atomic E-state index is 5.73. The first kappa shape index (κ1) is 10.0. The summed E-state index contributed by atoms with van der Waals surface area (Å²) in [6.07, 6.45) is 1.69. The Morgan fingerprint density at radius 3 is 2.00 bits per heavy atom. The number of hydrogen-bond donors (Lipinski definition) is 2. The summed E-state index contributed by atoms with van der Waals surface area (Å²) in [5.74, 6) is 0.470. The van der Waals surface area contributed by atoms with Crippen LogP contribution >= 0.6 is 0 Å². The van der Waals surface area contributed by atoms with E-state index in [0.717, 1.165) is 5.70 Å². The van der Waals surface area contributed by atoms with E-state index in [9.17, 15) is 0 Å². The number of hydrogen-bond acceptors (Lipinski definition) is 2. The summed E-state index contributed by atoms with van der Waals surface area (Å²) in [5.41, 5.74) is 11.9. The molecule has 0 aliphatic rings. The highest BCUT2D eigenvalue weighted by molar-refractivity contribution is 5.91. The molecule has 0 heterocycles. The predicted molar refractivity (Wildman–Crippen MR) is 49.3 cm³/mol. The van der Waals surface area contributed by atoms with Crippen LogP contribution in [-0.4, -0.2) is 12.9 Å². The first-order valence-corrected chi connectivity index (χ1v) is 3.58. The average molecular weight is 155 g/mol. The van der Waals surface area contributed by atoms with E-state index in [1.165, 1.54) is 0 Å². The number of allylic oxidation sites excluding steroid dienone is 1. The van der Waals surface area contributed by atoms with Gasteiger partial charge in [-0.05, 0) is 6.08 Å². The average Bonchev–Trinajstić information content (AvgIpc) is 1.85. The number of nitrogens with two attached hydrogens (primary N) is 2. The molecule has 0 aliphatic heterocycles. The molecular formula is C8H17N3. The molecule has 0 atom stereocenters. The normalized spacial score (nSPS) is 15.3. The fourth-order valence-corrected chi connectivity index (χ4v) is 0.440. The van der Waals surface area contributed by atoms with Gasteiger partial charge in [-0.2, -0.15) is 0 Å². The van der Waals surface area contributed by atoms with Gasteiger partial charge in [0.25, 0.3) is 0 Å². The van der Waals surface area contributed by atoms with E-state index in [4.69, 9.17) is 11.5 Å². The third kappa shape index (κ3) is 3.65. The first-order valence-electron chi connectivity index (χ1n) is 3.58. The summed E-state index contributed by atoms with van der Waals surface area (Å²) < 4.78 is 0. The van der Waals surface area contributed by atoms with Crippen molar-refractivity contribution >= 4 is 5.84 Å². The van der Waals surface area contributed by atoms with Crippen molar-refractivity contribution in [3.05, 3.63) is 11.8 Å². The van der Waals surface area contributed by atoms with Crippen molar-refractivity contribution in [1.29, 1.82) is 0 Å². The molecule has 0 amide bonds. The molecule has 0 radical (unpaired) electrons. The molecule has 0 fully saturated rings. The van der Waals surface area contributed by atoms with Crippen molar-refractivity contribution in [3.63, 3.8) is 0 Å². The molecule has 0 spiro atoms. The van der Waals surface area contributed by atoms with E-state index in [-0.39, 0.29) is 5.41 Å². The lowest BCUT2D eigenvalue weighted by molar-refractivity contribution is 0.498. The monoisotopic (exact) mass is 155 g/mol. The molecule has 0 bridgehead atoms. The van der Waals surface area contributed by atoms with Crippen LogP contribution in [0.15, 0.2) is 16.8 Å². The maximum atomic E-state index is 5.73. The lowest BCUT2D eigenvalue weighted by atomic mass is 9.92. The van der Waals surface area contributed by atoms with Gasteiger partial charge < -0.3 is 11.5 Å². The molecule has 0 unspecified atom stereocenters. The Morgan fingerprint density at radius 2 is 1.73 bits per heavy atom. The molecule has 0 rings (SSSR count). The molecule has 4 N–H and O–H groups in total. The van der Waals surface area contributed by atoms with Gasteiger partial charge in [0, 0.05) is 18.2 Å². The van der Waals surface area contributed by atoms with Gasteiger partial charge in [0.1, 0.15) is 5.84 Å². The molecule has 3 nitrogen and oxygen atoms in total. The molecule has 64 valence electrons. The van der Waals surface area contributed by atoms with E-state index in [2.05, 4.69) is 4.99 Å². The highest BCUT2D eigenvalue weighted by Gasteiger charge is 2.13. The summed E-state index contributed by atoms with van der Waals surface area (Å²) in [4.78, 5) is 3.78. The third-order valence-electron chi connectivity index (χ3n) is 1.43. The minimum atomic E-state index is -0.0324. The molecule has 0 aliphatic carbocycles. The molecular weight excluding hydrogens is 138 g/mol. The molecule has 11 heavy (non-hydrogen) atoms. The van der Waals surface area contributed by atoms with Crippen molar-refractivity contribution in [2.75, 3.05) is 7.05 Å². The fourth-order valence-electron chi connectivity index (χ4n) is 0.440. The fraction of sp³-hybridized carbons (Fsp3) is 0.625.